The molecule has 3 N–H and O–H groups in total. The predicted molar refractivity (Wildman–Crippen MR) is 74.9 cm³/mol. The van der Waals surface area contributed by atoms with Gasteiger partial charge >= 0.3 is 0 Å². The molecule has 0 unspecified atom stereocenters. The van der Waals surface area contributed by atoms with Crippen LogP contribution in [0.1, 0.15) is 21.7 Å². The number of carbonyl (C=O) groups excluding carboxylic acids is 1. The molecule has 7 heteroatoms. The quantitative estimate of drug-likeness (QED) is 0.822. The molecular formula is C13H11FN4OS. The minimum atomic E-state index is -0.646. The first kappa shape index (κ1) is 14.1. The van der Waals surface area contributed by atoms with Gasteiger partial charge in [-0.25, -0.2) is 9.37 Å². The van der Waals surface area contributed by atoms with Crippen molar-refractivity contribution in [2.24, 2.45) is 5.73 Å². The van der Waals surface area contributed by atoms with Crippen molar-refractivity contribution in [2.45, 2.75) is 6.92 Å². The molecule has 0 bridgehead atoms. The van der Waals surface area contributed by atoms with Crippen LogP contribution in [0.25, 0.3) is 0 Å². The van der Waals surface area contributed by atoms with E-state index in [1.54, 1.807) is 13.0 Å². The number of amides is 1. The van der Waals surface area contributed by atoms with E-state index < -0.39 is 11.7 Å². The van der Waals surface area contributed by atoms with E-state index in [0.29, 0.717) is 16.5 Å². The Bertz CT molecular complexity index is 702. The number of nitrogens with zero attached hydrogens (tertiary/aromatic N) is 2. The second-order valence-corrected chi connectivity index (χ2v) is 4.55. The molecule has 0 aliphatic carbocycles. The monoisotopic (exact) mass is 290 g/mol. The lowest BCUT2D eigenvalue weighted by Crippen LogP contribution is -2.13. The summed E-state index contributed by atoms with van der Waals surface area (Å²) in [5, 5.41) is 2.82. The number of nitrogens with one attached hydrogen (secondary N) is 1. The number of hydrogen-bond acceptors (Lipinski definition) is 5. The van der Waals surface area contributed by atoms with Gasteiger partial charge in [0.1, 0.15) is 11.6 Å². The van der Waals surface area contributed by atoms with Gasteiger partial charge in [-0.15, -0.1) is 0 Å². The standard InChI is InChI=1S/C13H11FN4OS/c1-8-16-13(20-18-8)17-12(19)10-5-4-9(3-2-6-15)7-11(10)14/h4-5,7H,6,15H2,1H3,(H,16,17,18,19). The Morgan fingerprint density at radius 1 is 1.55 bits per heavy atom. The number of anilines is 1. The zero-order chi connectivity index (χ0) is 14.5. The van der Waals surface area contributed by atoms with Crippen molar-refractivity contribution in [3.63, 3.8) is 0 Å². The number of halogens is 1. The molecule has 1 amide bonds. The molecule has 1 heterocycles. The predicted octanol–water partition coefficient (Wildman–Crippen LogP) is 1.55. The highest BCUT2D eigenvalue weighted by molar-refractivity contribution is 7.09. The average Bonchev–Trinajstić information content (AvgIpc) is 2.81. The molecule has 0 fully saturated rings. The van der Waals surface area contributed by atoms with E-state index in [-0.39, 0.29) is 12.1 Å². The van der Waals surface area contributed by atoms with Gasteiger partial charge < -0.3 is 5.73 Å². The Kier molecular flexibility index (Phi) is 4.40. The minimum Gasteiger partial charge on any atom is -0.320 e. The lowest BCUT2D eigenvalue weighted by Gasteiger charge is -2.03. The summed E-state index contributed by atoms with van der Waals surface area (Å²) < 4.78 is 17.8. The van der Waals surface area contributed by atoms with E-state index in [0.717, 1.165) is 11.5 Å². The molecule has 0 saturated carbocycles. The highest BCUT2D eigenvalue weighted by Gasteiger charge is 2.13. The number of aryl methyl sites for hydroxylation is 1. The summed E-state index contributed by atoms with van der Waals surface area (Å²) in [6, 6.07) is 4.13. The fraction of sp³-hybridized carbons (Fsp3) is 0.154. The fourth-order valence-electron chi connectivity index (χ4n) is 1.44. The Morgan fingerprint density at radius 2 is 2.35 bits per heavy atom. The van der Waals surface area contributed by atoms with Crippen LogP contribution < -0.4 is 11.1 Å². The van der Waals surface area contributed by atoms with Crippen molar-refractivity contribution in [1.29, 1.82) is 0 Å². The van der Waals surface area contributed by atoms with Crippen LogP contribution in [-0.2, 0) is 0 Å². The van der Waals surface area contributed by atoms with Crippen molar-refractivity contribution in [3.8, 4) is 11.8 Å². The highest BCUT2D eigenvalue weighted by atomic mass is 32.1. The molecule has 102 valence electrons. The molecule has 5 nitrogen and oxygen atoms in total. The van der Waals surface area contributed by atoms with Gasteiger partial charge in [-0.2, -0.15) is 4.37 Å². The Balaban J connectivity index is 2.18. The molecule has 0 atom stereocenters. The van der Waals surface area contributed by atoms with Crippen LogP contribution in [0.15, 0.2) is 18.2 Å². The van der Waals surface area contributed by atoms with Crippen molar-refractivity contribution in [2.75, 3.05) is 11.9 Å². The van der Waals surface area contributed by atoms with E-state index in [4.69, 9.17) is 5.73 Å². The van der Waals surface area contributed by atoms with Gasteiger partial charge in [0.15, 0.2) is 0 Å². The van der Waals surface area contributed by atoms with Crippen molar-refractivity contribution in [3.05, 3.63) is 41.0 Å². The first-order chi connectivity index (χ1) is 9.60. The van der Waals surface area contributed by atoms with Crippen LogP contribution in [0.3, 0.4) is 0 Å². The van der Waals surface area contributed by atoms with E-state index in [2.05, 4.69) is 26.5 Å². The third kappa shape index (κ3) is 3.38. The SMILES string of the molecule is Cc1nsc(NC(=O)c2ccc(C#CCN)cc2F)n1. The molecule has 0 radical (unpaired) electrons. The van der Waals surface area contributed by atoms with Gasteiger partial charge in [0.25, 0.3) is 5.91 Å². The summed E-state index contributed by atoms with van der Waals surface area (Å²) >= 11 is 1.04. The van der Waals surface area contributed by atoms with Crippen molar-refractivity contribution >= 4 is 22.6 Å². The Hall–Kier alpha value is -2.30. The smallest absolute Gasteiger partial charge is 0.260 e. The Morgan fingerprint density at radius 3 is 2.95 bits per heavy atom. The molecule has 2 aromatic rings. The Labute approximate surface area is 119 Å². The molecule has 0 aliphatic heterocycles. The average molecular weight is 290 g/mol. The first-order valence-electron chi connectivity index (χ1n) is 5.70. The van der Waals surface area contributed by atoms with Crippen LogP contribution in [0.2, 0.25) is 0 Å². The topological polar surface area (TPSA) is 80.9 Å². The maximum absolute atomic E-state index is 13.8. The number of aromatic nitrogens is 2. The van der Waals surface area contributed by atoms with Gasteiger partial charge in [-0.3, -0.25) is 10.1 Å². The van der Waals surface area contributed by atoms with Crippen molar-refractivity contribution in [1.82, 2.24) is 9.36 Å². The van der Waals surface area contributed by atoms with E-state index in [1.165, 1.54) is 12.1 Å². The number of carbonyl (C=O) groups is 1. The molecule has 1 aromatic heterocycles. The van der Waals surface area contributed by atoms with Crippen LogP contribution in [-0.4, -0.2) is 21.8 Å². The zero-order valence-electron chi connectivity index (χ0n) is 10.6. The maximum Gasteiger partial charge on any atom is 0.260 e. The van der Waals surface area contributed by atoms with Gasteiger partial charge in [0, 0.05) is 17.1 Å². The first-order valence-corrected chi connectivity index (χ1v) is 6.47. The van der Waals surface area contributed by atoms with E-state index >= 15 is 0 Å². The number of benzene rings is 1. The van der Waals surface area contributed by atoms with Gasteiger partial charge in [-0.05, 0) is 25.1 Å². The van der Waals surface area contributed by atoms with Gasteiger partial charge in [-0.1, -0.05) is 11.8 Å². The summed E-state index contributed by atoms with van der Waals surface area (Å²) in [5.41, 5.74) is 5.63. The largest absolute Gasteiger partial charge is 0.320 e. The van der Waals surface area contributed by atoms with Crippen LogP contribution in [0.4, 0.5) is 9.52 Å². The number of nitrogens with two attached hydrogens (primary N) is 1. The lowest BCUT2D eigenvalue weighted by atomic mass is 10.1. The molecule has 2 rings (SSSR count). The molecule has 0 aliphatic rings. The van der Waals surface area contributed by atoms with Gasteiger partial charge in [0.05, 0.1) is 12.1 Å². The maximum atomic E-state index is 13.8. The van der Waals surface area contributed by atoms with Gasteiger partial charge in [0.2, 0.25) is 5.13 Å². The summed E-state index contributed by atoms with van der Waals surface area (Å²) in [6.45, 7) is 1.90. The summed E-state index contributed by atoms with van der Waals surface area (Å²) in [6.07, 6.45) is 0. The number of hydrogen-bond donors (Lipinski definition) is 2. The van der Waals surface area contributed by atoms with Crippen molar-refractivity contribution < 1.29 is 9.18 Å². The third-order valence-corrected chi connectivity index (χ3v) is 3.02. The number of rotatable bonds is 2. The highest BCUT2D eigenvalue weighted by Crippen LogP contribution is 2.15. The third-order valence-electron chi connectivity index (χ3n) is 2.30. The molecule has 0 spiro atoms. The zero-order valence-corrected chi connectivity index (χ0v) is 11.4. The summed E-state index contributed by atoms with van der Waals surface area (Å²) in [7, 11) is 0. The summed E-state index contributed by atoms with van der Waals surface area (Å²) in [4.78, 5) is 15.9. The second kappa shape index (κ2) is 6.23. The molecule has 1 aromatic carbocycles. The van der Waals surface area contributed by atoms with E-state index in [9.17, 15) is 9.18 Å². The molecule has 0 saturated heterocycles. The fourth-order valence-corrected chi connectivity index (χ4v) is 2.01. The molecular weight excluding hydrogens is 279 g/mol. The van der Waals surface area contributed by atoms with E-state index in [1.807, 2.05) is 0 Å². The normalized spacial score (nSPS) is 9.75. The lowest BCUT2D eigenvalue weighted by molar-refractivity contribution is 0.102. The second-order valence-electron chi connectivity index (χ2n) is 3.80. The van der Waals surface area contributed by atoms with Crippen LogP contribution in [0, 0.1) is 24.6 Å². The summed E-state index contributed by atoms with van der Waals surface area (Å²) in [5.74, 6) is 4.65. The van der Waals surface area contributed by atoms with Crippen LogP contribution in [0.5, 0.6) is 0 Å². The molecule has 20 heavy (non-hydrogen) atoms. The minimum absolute atomic E-state index is 0.0730. The van der Waals surface area contributed by atoms with Crippen LogP contribution >= 0.6 is 11.5 Å².